The zero-order valence-electron chi connectivity index (χ0n) is 10.1. The van der Waals surface area contributed by atoms with Gasteiger partial charge in [-0.05, 0) is 36.1 Å². The van der Waals surface area contributed by atoms with E-state index in [0.29, 0.717) is 6.54 Å². The van der Waals surface area contributed by atoms with E-state index in [2.05, 4.69) is 18.3 Å². The first-order valence-electron chi connectivity index (χ1n) is 5.87. The Morgan fingerprint density at radius 2 is 2.00 bits per heavy atom. The number of aliphatic hydroxyl groups is 1. The molecule has 96 valence electrons. The van der Waals surface area contributed by atoms with Crippen molar-refractivity contribution in [1.82, 2.24) is 5.32 Å². The summed E-state index contributed by atoms with van der Waals surface area (Å²) in [4.78, 5) is 1.24. The van der Waals surface area contributed by atoms with Gasteiger partial charge in [0.25, 0.3) is 0 Å². The van der Waals surface area contributed by atoms with Gasteiger partial charge in [0.1, 0.15) is 5.82 Å². The van der Waals surface area contributed by atoms with Crippen molar-refractivity contribution >= 4 is 11.3 Å². The Hall–Kier alpha value is -1.23. The molecule has 1 heterocycles. The summed E-state index contributed by atoms with van der Waals surface area (Å²) in [6.45, 7) is 2.51. The van der Waals surface area contributed by atoms with Gasteiger partial charge < -0.3 is 10.4 Å². The van der Waals surface area contributed by atoms with Crippen LogP contribution in [0.2, 0.25) is 0 Å². The van der Waals surface area contributed by atoms with Crippen molar-refractivity contribution < 1.29 is 9.50 Å². The van der Waals surface area contributed by atoms with Gasteiger partial charge in [0.05, 0.1) is 6.10 Å². The van der Waals surface area contributed by atoms with E-state index < -0.39 is 6.10 Å². The molecule has 2 N–H and O–H groups in total. The Bertz CT molecular complexity index is 469. The molecule has 0 spiro atoms. The summed E-state index contributed by atoms with van der Waals surface area (Å²) in [6.07, 6.45) is -0.618. The number of hydrogen-bond acceptors (Lipinski definition) is 3. The lowest BCUT2D eigenvalue weighted by atomic mass is 10.1. The second-order valence-corrected chi connectivity index (χ2v) is 5.19. The molecule has 0 radical (unpaired) electrons. The van der Waals surface area contributed by atoms with E-state index in [0.717, 1.165) is 5.56 Å². The van der Waals surface area contributed by atoms with Crippen molar-refractivity contribution in [2.75, 3.05) is 6.54 Å². The Morgan fingerprint density at radius 3 is 2.61 bits per heavy atom. The van der Waals surface area contributed by atoms with Gasteiger partial charge in [-0.25, -0.2) is 4.39 Å². The largest absolute Gasteiger partial charge is 0.387 e. The molecule has 0 amide bonds. The van der Waals surface area contributed by atoms with E-state index in [-0.39, 0.29) is 11.9 Å². The fourth-order valence-corrected chi connectivity index (χ4v) is 2.49. The molecule has 2 unspecified atom stereocenters. The van der Waals surface area contributed by atoms with E-state index in [1.54, 1.807) is 23.5 Å². The molecule has 1 aromatic heterocycles. The number of rotatable bonds is 5. The van der Waals surface area contributed by atoms with Crippen LogP contribution >= 0.6 is 11.3 Å². The fourth-order valence-electron chi connectivity index (χ4n) is 1.73. The number of halogens is 1. The zero-order chi connectivity index (χ0) is 13.0. The SMILES string of the molecule is CC(NCC(O)c1ccc(F)cc1)c1cccs1. The minimum absolute atomic E-state index is 0.208. The quantitative estimate of drug-likeness (QED) is 0.869. The maximum Gasteiger partial charge on any atom is 0.123 e. The highest BCUT2D eigenvalue weighted by Gasteiger charge is 2.11. The van der Waals surface area contributed by atoms with Gasteiger partial charge in [0.2, 0.25) is 0 Å². The van der Waals surface area contributed by atoms with Crippen LogP contribution < -0.4 is 5.32 Å². The molecule has 2 atom stereocenters. The summed E-state index contributed by atoms with van der Waals surface area (Å²) in [5.41, 5.74) is 0.724. The lowest BCUT2D eigenvalue weighted by Gasteiger charge is -2.16. The van der Waals surface area contributed by atoms with Crippen LogP contribution in [0, 0.1) is 5.82 Å². The normalized spacial score (nSPS) is 14.4. The summed E-state index contributed by atoms with van der Waals surface area (Å²) >= 11 is 1.69. The topological polar surface area (TPSA) is 32.3 Å². The summed E-state index contributed by atoms with van der Waals surface area (Å²) in [5.74, 6) is -0.286. The van der Waals surface area contributed by atoms with Crippen molar-refractivity contribution in [3.8, 4) is 0 Å². The molecule has 0 bridgehead atoms. The summed E-state index contributed by atoms with van der Waals surface area (Å²) in [5, 5.41) is 15.3. The zero-order valence-corrected chi connectivity index (χ0v) is 11.0. The van der Waals surface area contributed by atoms with Crippen LogP contribution in [-0.4, -0.2) is 11.7 Å². The van der Waals surface area contributed by atoms with Gasteiger partial charge in [-0.1, -0.05) is 18.2 Å². The van der Waals surface area contributed by atoms with E-state index in [1.165, 1.54) is 17.0 Å². The molecular weight excluding hydrogens is 249 g/mol. The monoisotopic (exact) mass is 265 g/mol. The first-order valence-corrected chi connectivity index (χ1v) is 6.75. The lowest BCUT2D eigenvalue weighted by molar-refractivity contribution is 0.171. The molecule has 0 saturated heterocycles. The number of benzene rings is 1. The maximum absolute atomic E-state index is 12.8. The van der Waals surface area contributed by atoms with E-state index in [1.807, 2.05) is 11.4 Å². The Kier molecular flexibility index (Phi) is 4.47. The first-order chi connectivity index (χ1) is 8.66. The summed E-state index contributed by atoms with van der Waals surface area (Å²) in [6, 6.07) is 10.2. The molecule has 0 aliphatic carbocycles. The van der Waals surface area contributed by atoms with Gasteiger partial charge in [-0.3, -0.25) is 0 Å². The predicted molar refractivity (Wildman–Crippen MR) is 72.1 cm³/mol. The number of nitrogens with one attached hydrogen (secondary N) is 1. The van der Waals surface area contributed by atoms with E-state index >= 15 is 0 Å². The van der Waals surface area contributed by atoms with Crippen LogP contribution in [0.25, 0.3) is 0 Å². The molecule has 2 rings (SSSR count). The number of hydrogen-bond donors (Lipinski definition) is 2. The molecule has 1 aromatic carbocycles. The second kappa shape index (κ2) is 6.09. The lowest BCUT2D eigenvalue weighted by Crippen LogP contribution is -2.24. The van der Waals surface area contributed by atoms with Crippen molar-refractivity contribution in [3.63, 3.8) is 0 Å². The molecule has 0 saturated carbocycles. The average Bonchev–Trinajstić information content (AvgIpc) is 2.90. The van der Waals surface area contributed by atoms with Crippen LogP contribution in [-0.2, 0) is 0 Å². The molecule has 0 aliphatic rings. The van der Waals surface area contributed by atoms with Crippen molar-refractivity contribution in [1.29, 1.82) is 0 Å². The molecule has 18 heavy (non-hydrogen) atoms. The van der Waals surface area contributed by atoms with Crippen molar-refractivity contribution in [2.24, 2.45) is 0 Å². The maximum atomic E-state index is 12.8. The van der Waals surface area contributed by atoms with Gasteiger partial charge in [-0.2, -0.15) is 0 Å². The standard InChI is InChI=1S/C14H16FNOS/c1-10(14-3-2-8-18-14)16-9-13(17)11-4-6-12(15)7-5-11/h2-8,10,13,16-17H,9H2,1H3. The minimum Gasteiger partial charge on any atom is -0.387 e. The van der Waals surface area contributed by atoms with Crippen LogP contribution in [0.5, 0.6) is 0 Å². The van der Waals surface area contributed by atoms with E-state index in [9.17, 15) is 9.50 Å². The smallest absolute Gasteiger partial charge is 0.123 e. The molecule has 0 aliphatic heterocycles. The van der Waals surface area contributed by atoms with Crippen molar-refractivity contribution in [3.05, 3.63) is 58.0 Å². The van der Waals surface area contributed by atoms with Crippen molar-refractivity contribution in [2.45, 2.75) is 19.1 Å². The highest BCUT2D eigenvalue weighted by atomic mass is 32.1. The predicted octanol–water partition coefficient (Wildman–Crippen LogP) is 3.27. The van der Waals surface area contributed by atoms with Crippen LogP contribution in [0.1, 0.15) is 29.5 Å². The number of thiophene rings is 1. The third kappa shape index (κ3) is 3.38. The summed E-state index contributed by atoms with van der Waals surface area (Å²) < 4.78 is 12.8. The third-order valence-corrected chi connectivity index (χ3v) is 3.90. The van der Waals surface area contributed by atoms with Gasteiger partial charge >= 0.3 is 0 Å². The fraction of sp³-hybridized carbons (Fsp3) is 0.286. The Labute approximate surface area is 110 Å². The molecule has 2 aromatic rings. The van der Waals surface area contributed by atoms with Gasteiger partial charge in [-0.15, -0.1) is 11.3 Å². The van der Waals surface area contributed by atoms with E-state index in [4.69, 9.17) is 0 Å². The molecular formula is C14H16FNOS. The van der Waals surface area contributed by atoms with Gasteiger partial charge in [0, 0.05) is 17.5 Å². The Morgan fingerprint density at radius 1 is 1.28 bits per heavy atom. The third-order valence-electron chi connectivity index (χ3n) is 2.84. The second-order valence-electron chi connectivity index (χ2n) is 4.21. The highest BCUT2D eigenvalue weighted by molar-refractivity contribution is 7.10. The molecule has 0 fully saturated rings. The minimum atomic E-state index is -0.618. The Balaban J connectivity index is 1.88. The van der Waals surface area contributed by atoms with Gasteiger partial charge in [0.15, 0.2) is 0 Å². The molecule has 2 nitrogen and oxygen atoms in total. The highest BCUT2D eigenvalue weighted by Crippen LogP contribution is 2.19. The van der Waals surface area contributed by atoms with Crippen LogP contribution in [0.3, 0.4) is 0 Å². The summed E-state index contributed by atoms with van der Waals surface area (Å²) in [7, 11) is 0. The van der Waals surface area contributed by atoms with Crippen LogP contribution in [0.15, 0.2) is 41.8 Å². The first kappa shape index (κ1) is 13.2. The molecule has 4 heteroatoms. The number of aliphatic hydroxyl groups excluding tert-OH is 1. The average molecular weight is 265 g/mol. The van der Waals surface area contributed by atoms with Crippen LogP contribution in [0.4, 0.5) is 4.39 Å².